The van der Waals surface area contributed by atoms with Crippen LogP contribution < -0.4 is 41.9 Å². The molecule has 4 aliphatic rings. The minimum Gasteiger partial charge on any atom is -0.631 e. The number of rotatable bonds is 6. The average Bonchev–Trinajstić information content (AvgIpc) is 4.16. The minimum atomic E-state index is -0.0728. The first kappa shape index (κ1) is 49.0. The number of aromatic nitrogens is 4. The molecule has 5 nitrogen and oxygen atoms in total. The van der Waals surface area contributed by atoms with Gasteiger partial charge in [0, 0.05) is 11.4 Å². The zero-order valence-corrected chi connectivity index (χ0v) is 48.3. The van der Waals surface area contributed by atoms with Crippen molar-refractivity contribution in [2.45, 2.75) is 53.0 Å². The molecule has 0 N–H and O–H groups in total. The molecule has 4 aliphatic heterocycles. The molecule has 0 radical (unpaired) electrons. The van der Waals surface area contributed by atoms with Crippen LogP contribution >= 0.6 is 47.0 Å². The predicted molar refractivity (Wildman–Crippen MR) is 293 cm³/mol. The van der Waals surface area contributed by atoms with E-state index in [1.54, 1.807) is 0 Å². The fourth-order valence-electron chi connectivity index (χ4n) is 11.3. The van der Waals surface area contributed by atoms with Gasteiger partial charge >= 0.3 is 42.1 Å². The summed E-state index contributed by atoms with van der Waals surface area (Å²) in [5, 5.41) is 0. The summed E-state index contributed by atoms with van der Waals surface area (Å²) in [6, 6.07) is 71.3. The van der Waals surface area contributed by atoms with E-state index in [4.69, 9.17) is 4.42 Å². The van der Waals surface area contributed by atoms with E-state index in [2.05, 4.69) is 241 Å². The second-order valence-corrected chi connectivity index (χ2v) is 23.1. The van der Waals surface area contributed by atoms with Crippen LogP contribution in [0.3, 0.4) is 0 Å². The van der Waals surface area contributed by atoms with Crippen LogP contribution in [0.2, 0.25) is 0 Å². The van der Waals surface area contributed by atoms with E-state index in [-0.39, 0.29) is 55.6 Å². The Bertz CT molecular complexity index is 3850. The van der Waals surface area contributed by atoms with Crippen LogP contribution in [-0.2, 0) is 56.2 Å². The Morgan fingerprint density at radius 1 is 0.427 bits per heavy atom. The minimum absolute atomic E-state index is 0. The second kappa shape index (κ2) is 19.1. The summed E-state index contributed by atoms with van der Waals surface area (Å²) in [4.78, 5) is 9.82. The molecule has 0 atom stereocenters. The monoisotopic (exact) mass is 1390 g/mol. The van der Waals surface area contributed by atoms with Gasteiger partial charge in [-0.3, -0.25) is 0 Å². The van der Waals surface area contributed by atoms with Crippen molar-refractivity contribution in [2.24, 2.45) is 14.1 Å². The molecule has 3 aromatic heterocycles. The van der Waals surface area contributed by atoms with Gasteiger partial charge in [-0.15, -0.1) is 74.9 Å². The molecule has 8 aromatic carbocycles. The number of hydrogen-bond acceptors (Lipinski definition) is 5. The Morgan fingerprint density at radius 2 is 0.827 bits per heavy atom. The maximum atomic E-state index is 6.36. The van der Waals surface area contributed by atoms with Crippen LogP contribution in [0, 0.1) is 63.1 Å². The fourth-order valence-corrected chi connectivity index (χ4v) is 15.9. The maximum absolute atomic E-state index is 6.36. The van der Waals surface area contributed by atoms with Gasteiger partial charge in [-0.25, -0.2) is 12.1 Å². The van der Waals surface area contributed by atoms with Crippen LogP contribution in [0.15, 0.2) is 189 Å². The third-order valence-corrected chi connectivity index (χ3v) is 19.1. The van der Waals surface area contributed by atoms with E-state index in [1.165, 1.54) is 50.1 Å². The van der Waals surface area contributed by atoms with Crippen molar-refractivity contribution in [3.05, 3.63) is 206 Å². The first-order valence-corrected chi connectivity index (χ1v) is 27.4. The van der Waals surface area contributed by atoms with E-state index < -0.39 is 0 Å². The number of imidazole rings is 2. The third kappa shape index (κ3) is 7.89. The number of fused-ring (bicyclic) bond motifs is 8. The summed E-state index contributed by atoms with van der Waals surface area (Å²) in [6.45, 7) is 4.19. The normalized spacial score (nSPS) is 13.1. The topological polar surface area (TPSA) is 30.8 Å². The summed E-state index contributed by atoms with van der Waals surface area (Å²) in [7, 11) is 4.13. The molecule has 0 saturated heterocycles. The molecule has 0 aliphatic carbocycles. The van der Waals surface area contributed by atoms with Crippen molar-refractivity contribution < 1.29 is 55.7 Å². The molecule has 0 spiro atoms. The number of hydrogen-bond donors (Lipinski definition) is 0. The molecule has 13 heteroatoms. The van der Waals surface area contributed by atoms with Gasteiger partial charge in [-0.2, -0.15) is 76.3 Å². The molecule has 0 fully saturated rings. The van der Waals surface area contributed by atoms with Crippen molar-refractivity contribution in [1.29, 1.82) is 0 Å². The Balaban J connectivity index is 0.00000270. The van der Waals surface area contributed by atoms with Crippen molar-refractivity contribution in [3.8, 4) is 56.3 Å². The molecule has 358 valence electrons. The fraction of sp³-hybridized carbons (Fsp3) is 0.0645. The van der Waals surface area contributed by atoms with Gasteiger partial charge in [0.15, 0.2) is 6.71 Å². The van der Waals surface area contributed by atoms with Crippen molar-refractivity contribution >= 4 is 93.2 Å². The first-order valence-electron chi connectivity index (χ1n) is 24.1. The number of furan rings is 1. The summed E-state index contributed by atoms with van der Waals surface area (Å²) >= 11 is 7.28. The van der Waals surface area contributed by atoms with Gasteiger partial charge < -0.3 is 39.9 Å². The van der Waals surface area contributed by atoms with Crippen molar-refractivity contribution in [3.63, 3.8) is 0 Å². The van der Waals surface area contributed by atoms with Gasteiger partial charge in [0.2, 0.25) is 19.4 Å². The zero-order chi connectivity index (χ0) is 48.6. The zero-order valence-electron chi connectivity index (χ0n) is 40.5. The SMILES string of the molecule is Cc1c(-c2ccccc2)[n+](C)[c-]n1-c1[c-]c2c(cc1)Sc1cccc3c1B2c1[c-]c(-c2[c-]oc(-c4[c-]c5c(cc4)Sc4cccc6c4B5c4[c-]c(-n5[c-][n+](C)c(-c7ccccc7)c5C)ccc4S6)[c-]2)ccc1S3.[Pt+4].[Pt+4]. The van der Waals surface area contributed by atoms with Crippen molar-refractivity contribution in [2.75, 3.05) is 0 Å². The van der Waals surface area contributed by atoms with Crippen LogP contribution in [0.1, 0.15) is 11.4 Å². The number of benzene rings is 8. The number of aryl methyl sites for hydroxylation is 2. The molecular weight excluding hydrogens is 1360 g/mol. The molecule has 7 heterocycles. The van der Waals surface area contributed by atoms with E-state index >= 15 is 0 Å². The summed E-state index contributed by atoms with van der Waals surface area (Å²) in [6.07, 6.45) is 10.4. The molecule has 11 aromatic rings. The predicted octanol–water partition coefficient (Wildman–Crippen LogP) is 9.08. The molecule has 75 heavy (non-hydrogen) atoms. The first-order chi connectivity index (χ1) is 35.8. The van der Waals surface area contributed by atoms with E-state index in [9.17, 15) is 0 Å². The van der Waals surface area contributed by atoms with E-state index in [1.807, 2.05) is 47.0 Å². The molecule has 0 amide bonds. The van der Waals surface area contributed by atoms with Gasteiger partial charge in [0.05, 0.1) is 25.5 Å². The van der Waals surface area contributed by atoms with Gasteiger partial charge in [-0.05, 0) is 79.7 Å². The van der Waals surface area contributed by atoms with Gasteiger partial charge in [0.25, 0.3) is 0 Å². The molecule has 0 saturated carbocycles. The van der Waals surface area contributed by atoms with E-state index in [0.29, 0.717) is 5.76 Å². The standard InChI is InChI=1S/C62H36B2N4OS4.2Pt/c1-37-61(39-13-7-5-8-14-39)65(3)35-67(37)44-23-27-53-48(32-44)63-46-29-41(21-25-51(46)70-55-17-11-19-57(72-53)59(55)63)43-31-50(69-34-43)42-22-26-52-47(30-42)64-49-33-45(24-28-54(49)73-58-20-12-18-56(71-52)60(58)64)68-36-66(4)62(38(68)2)40-15-9-6-10-16-40;;/h5-28H,1-4H3;;/q-6;2*+4. The van der Waals surface area contributed by atoms with Crippen LogP contribution in [-0.4, -0.2) is 22.6 Å². The van der Waals surface area contributed by atoms with Gasteiger partial charge in [0.1, 0.15) is 0 Å². The molecular formula is C62H36B2N4OPt2S4+2. The van der Waals surface area contributed by atoms with Crippen LogP contribution in [0.4, 0.5) is 0 Å². The number of nitrogens with zero attached hydrogens (tertiary/aromatic N) is 4. The Morgan fingerprint density at radius 3 is 1.28 bits per heavy atom. The average molecular weight is 1390 g/mol. The van der Waals surface area contributed by atoms with E-state index in [0.717, 1.165) is 83.8 Å². The maximum Gasteiger partial charge on any atom is 4.00 e. The van der Waals surface area contributed by atoms with Gasteiger partial charge in [-0.1, -0.05) is 99.7 Å². The largest absolute Gasteiger partial charge is 4.00 e. The summed E-state index contributed by atoms with van der Waals surface area (Å²) in [5.41, 5.74) is 18.3. The summed E-state index contributed by atoms with van der Waals surface area (Å²) < 4.78 is 14.8. The molecule has 0 unspecified atom stereocenters. The molecule has 0 bridgehead atoms. The Labute approximate surface area is 483 Å². The quantitative estimate of drug-likeness (QED) is 0.0944. The summed E-state index contributed by atoms with van der Waals surface area (Å²) in [5.74, 6) is 0.593. The smallest absolute Gasteiger partial charge is 0.631 e. The van der Waals surface area contributed by atoms with Crippen LogP contribution in [0.5, 0.6) is 0 Å². The third-order valence-electron chi connectivity index (χ3n) is 14.5. The Kier molecular flexibility index (Phi) is 12.5. The van der Waals surface area contributed by atoms with Crippen molar-refractivity contribution in [1.82, 2.24) is 9.13 Å². The molecule has 15 rings (SSSR count). The van der Waals surface area contributed by atoms with Crippen LogP contribution in [0.25, 0.3) is 56.3 Å². The Hall–Kier alpha value is -5.63. The second-order valence-electron chi connectivity index (χ2n) is 18.8.